The molecule has 5 rings (SSSR count). The summed E-state index contributed by atoms with van der Waals surface area (Å²) in [6.45, 7) is 0.450. The second-order valence-electron chi connectivity index (χ2n) is 8.14. The third-order valence-electron chi connectivity index (χ3n) is 6.03. The fraction of sp³-hybridized carbons (Fsp3) is 0.348. The fourth-order valence-corrected chi connectivity index (χ4v) is 6.19. The molecule has 31 heavy (non-hydrogen) atoms. The molecule has 0 atom stereocenters. The number of furan rings is 1. The SMILES string of the molecule is CNC(=O)c1c(-c2ccc(F)cc2)oc2cc3c(cc12)CCCCN3S(=O)(=O)C1CC1. The van der Waals surface area contributed by atoms with Crippen molar-refractivity contribution in [2.24, 2.45) is 0 Å². The van der Waals surface area contributed by atoms with Crippen LogP contribution in [0, 0.1) is 5.82 Å². The largest absolute Gasteiger partial charge is 0.455 e. The van der Waals surface area contributed by atoms with Gasteiger partial charge in [0.15, 0.2) is 0 Å². The monoisotopic (exact) mass is 442 g/mol. The summed E-state index contributed by atoms with van der Waals surface area (Å²) >= 11 is 0. The van der Waals surface area contributed by atoms with Crippen molar-refractivity contribution in [2.45, 2.75) is 37.4 Å². The number of amides is 1. The van der Waals surface area contributed by atoms with Gasteiger partial charge in [0.2, 0.25) is 10.0 Å². The van der Waals surface area contributed by atoms with Gasteiger partial charge in [-0.15, -0.1) is 0 Å². The molecule has 1 aliphatic heterocycles. The Hall–Kier alpha value is -2.87. The number of benzene rings is 2. The number of rotatable bonds is 4. The molecule has 1 aromatic heterocycles. The van der Waals surface area contributed by atoms with E-state index in [1.807, 2.05) is 6.07 Å². The molecule has 3 aromatic rings. The number of nitrogens with one attached hydrogen (secondary N) is 1. The van der Waals surface area contributed by atoms with E-state index in [-0.39, 0.29) is 17.0 Å². The van der Waals surface area contributed by atoms with Crippen molar-refractivity contribution in [1.29, 1.82) is 0 Å². The zero-order chi connectivity index (χ0) is 21.8. The van der Waals surface area contributed by atoms with Crippen molar-refractivity contribution >= 4 is 32.6 Å². The molecule has 162 valence electrons. The average molecular weight is 443 g/mol. The van der Waals surface area contributed by atoms with Crippen LogP contribution in [-0.4, -0.2) is 33.2 Å². The minimum Gasteiger partial charge on any atom is -0.455 e. The van der Waals surface area contributed by atoms with Crippen molar-refractivity contribution < 1.29 is 22.0 Å². The van der Waals surface area contributed by atoms with Crippen LogP contribution < -0.4 is 9.62 Å². The molecule has 0 spiro atoms. The molecule has 0 unspecified atom stereocenters. The number of fused-ring (bicyclic) bond motifs is 2. The molecule has 0 bridgehead atoms. The second-order valence-corrected chi connectivity index (χ2v) is 10.3. The molecule has 1 saturated carbocycles. The van der Waals surface area contributed by atoms with Gasteiger partial charge in [-0.05, 0) is 68.0 Å². The van der Waals surface area contributed by atoms with Crippen LogP contribution >= 0.6 is 0 Å². The van der Waals surface area contributed by atoms with Crippen LogP contribution in [0.15, 0.2) is 40.8 Å². The average Bonchev–Trinajstić information content (AvgIpc) is 3.57. The first-order chi connectivity index (χ1) is 14.9. The number of halogens is 1. The number of carbonyl (C=O) groups is 1. The Morgan fingerprint density at radius 2 is 1.90 bits per heavy atom. The molecule has 1 fully saturated rings. The Labute approximate surface area is 180 Å². The Bertz CT molecular complexity index is 1280. The summed E-state index contributed by atoms with van der Waals surface area (Å²) in [6.07, 6.45) is 3.78. The Morgan fingerprint density at radius 3 is 2.58 bits per heavy atom. The van der Waals surface area contributed by atoms with Gasteiger partial charge in [-0.2, -0.15) is 0 Å². The topological polar surface area (TPSA) is 79.6 Å². The van der Waals surface area contributed by atoms with Crippen LogP contribution in [-0.2, 0) is 16.4 Å². The summed E-state index contributed by atoms with van der Waals surface area (Å²) in [5.74, 6) is -0.353. The third kappa shape index (κ3) is 3.39. The van der Waals surface area contributed by atoms with Crippen molar-refractivity contribution in [2.75, 3.05) is 17.9 Å². The molecular formula is C23H23FN2O4S. The van der Waals surface area contributed by atoms with Crippen molar-refractivity contribution in [3.63, 3.8) is 0 Å². The highest BCUT2D eigenvalue weighted by Gasteiger charge is 2.41. The van der Waals surface area contributed by atoms with Crippen LogP contribution in [0.4, 0.5) is 10.1 Å². The van der Waals surface area contributed by atoms with Crippen LogP contribution in [0.5, 0.6) is 0 Å². The molecule has 2 aromatic carbocycles. The second kappa shape index (κ2) is 7.37. The first-order valence-corrected chi connectivity index (χ1v) is 12.0. The van der Waals surface area contributed by atoms with E-state index in [1.165, 1.54) is 16.4 Å². The number of carbonyl (C=O) groups excluding carboxylic acids is 1. The predicted molar refractivity (Wildman–Crippen MR) is 117 cm³/mol. The summed E-state index contributed by atoms with van der Waals surface area (Å²) in [5.41, 5.74) is 2.92. The van der Waals surface area contributed by atoms with E-state index < -0.39 is 10.0 Å². The van der Waals surface area contributed by atoms with Crippen LogP contribution in [0.25, 0.3) is 22.3 Å². The molecule has 8 heteroatoms. The lowest BCUT2D eigenvalue weighted by molar-refractivity contribution is 0.0964. The van der Waals surface area contributed by atoms with E-state index in [1.54, 1.807) is 25.2 Å². The number of aryl methyl sites for hydroxylation is 1. The standard InChI is InChI=1S/C23H23FN2O4S/c1-25-23(27)21-18-12-15-4-2-3-11-26(31(28,29)17-9-10-17)19(15)13-20(18)30-22(21)14-5-7-16(24)8-6-14/h5-8,12-13,17H,2-4,9-11H2,1H3,(H,25,27). The van der Waals surface area contributed by atoms with Crippen molar-refractivity contribution in [3.8, 4) is 11.3 Å². The third-order valence-corrected chi connectivity index (χ3v) is 8.34. The molecule has 2 heterocycles. The van der Waals surface area contributed by atoms with Gasteiger partial charge in [0.25, 0.3) is 5.91 Å². The Balaban J connectivity index is 1.73. The fourth-order valence-electron chi connectivity index (χ4n) is 4.27. The smallest absolute Gasteiger partial charge is 0.255 e. The van der Waals surface area contributed by atoms with E-state index in [4.69, 9.17) is 4.42 Å². The summed E-state index contributed by atoms with van der Waals surface area (Å²) in [7, 11) is -1.86. The van der Waals surface area contributed by atoms with Crippen LogP contribution in [0.3, 0.4) is 0 Å². The maximum absolute atomic E-state index is 13.4. The number of hydrogen-bond acceptors (Lipinski definition) is 4. The highest BCUT2D eigenvalue weighted by Crippen LogP contribution is 2.41. The zero-order valence-electron chi connectivity index (χ0n) is 17.2. The lowest BCUT2D eigenvalue weighted by Gasteiger charge is -2.24. The minimum absolute atomic E-state index is 0.304. The molecule has 6 nitrogen and oxygen atoms in total. The highest BCUT2D eigenvalue weighted by molar-refractivity contribution is 7.93. The van der Waals surface area contributed by atoms with Gasteiger partial charge < -0.3 is 9.73 Å². The van der Waals surface area contributed by atoms with Gasteiger partial charge in [0, 0.05) is 30.6 Å². The number of hydrogen-bond donors (Lipinski definition) is 1. The lowest BCUT2D eigenvalue weighted by atomic mass is 10.0. The van der Waals surface area contributed by atoms with Crippen molar-refractivity contribution in [1.82, 2.24) is 5.32 Å². The van der Waals surface area contributed by atoms with Gasteiger partial charge in [0.05, 0.1) is 16.5 Å². The Kier molecular flexibility index (Phi) is 4.77. The number of anilines is 1. The van der Waals surface area contributed by atoms with Gasteiger partial charge in [-0.3, -0.25) is 9.10 Å². The van der Waals surface area contributed by atoms with Gasteiger partial charge in [0.1, 0.15) is 17.2 Å². The lowest BCUT2D eigenvalue weighted by Crippen LogP contribution is -2.34. The molecule has 1 aliphatic carbocycles. The predicted octanol–water partition coefficient (Wildman–Crippen LogP) is 4.23. The normalized spacial score (nSPS) is 16.8. The molecular weight excluding hydrogens is 419 g/mol. The molecule has 1 amide bonds. The molecule has 2 aliphatic rings. The maximum Gasteiger partial charge on any atom is 0.255 e. The summed E-state index contributed by atoms with van der Waals surface area (Å²) < 4.78 is 47.2. The zero-order valence-corrected chi connectivity index (χ0v) is 18.0. The van der Waals surface area contributed by atoms with Crippen LogP contribution in [0.1, 0.15) is 41.6 Å². The summed E-state index contributed by atoms with van der Waals surface area (Å²) in [6, 6.07) is 9.38. The summed E-state index contributed by atoms with van der Waals surface area (Å²) in [4.78, 5) is 12.8. The van der Waals surface area contributed by atoms with E-state index in [0.29, 0.717) is 52.9 Å². The van der Waals surface area contributed by atoms with E-state index >= 15 is 0 Å². The number of nitrogens with zero attached hydrogens (tertiary/aromatic N) is 1. The minimum atomic E-state index is -3.40. The molecule has 0 radical (unpaired) electrons. The molecule has 0 saturated heterocycles. The van der Waals surface area contributed by atoms with Crippen molar-refractivity contribution in [3.05, 3.63) is 53.3 Å². The quantitative estimate of drug-likeness (QED) is 0.656. The Morgan fingerprint density at radius 1 is 1.16 bits per heavy atom. The number of sulfonamides is 1. The first kappa shape index (κ1) is 20.1. The maximum atomic E-state index is 13.4. The van der Waals surface area contributed by atoms with E-state index in [2.05, 4.69) is 5.32 Å². The van der Waals surface area contributed by atoms with Gasteiger partial charge in [-0.25, -0.2) is 12.8 Å². The first-order valence-electron chi connectivity index (χ1n) is 10.5. The summed E-state index contributed by atoms with van der Waals surface area (Å²) in [5, 5.41) is 2.97. The molecule has 1 N–H and O–H groups in total. The van der Waals surface area contributed by atoms with Gasteiger partial charge >= 0.3 is 0 Å². The van der Waals surface area contributed by atoms with Crippen LogP contribution in [0.2, 0.25) is 0 Å². The van der Waals surface area contributed by atoms with Gasteiger partial charge in [-0.1, -0.05) is 0 Å². The highest BCUT2D eigenvalue weighted by atomic mass is 32.2. The van der Waals surface area contributed by atoms with E-state index in [0.717, 1.165) is 24.8 Å². The van der Waals surface area contributed by atoms with E-state index in [9.17, 15) is 17.6 Å².